The molecule has 0 bridgehead atoms. The number of hydrogen-bond donors (Lipinski definition) is 2. The lowest BCUT2D eigenvalue weighted by Crippen LogP contribution is -2.40. The molecule has 2 N–H and O–H groups in total. The van der Waals surface area contributed by atoms with Crippen LogP contribution >= 0.6 is 11.3 Å². The Bertz CT molecular complexity index is 1360. The number of thiazole rings is 1. The number of allylic oxidation sites excluding steroid dienone is 5. The van der Waals surface area contributed by atoms with E-state index in [2.05, 4.69) is 27.1 Å². The van der Waals surface area contributed by atoms with Gasteiger partial charge in [0.1, 0.15) is 6.10 Å². The van der Waals surface area contributed by atoms with Crippen LogP contribution in [0.25, 0.3) is 5.57 Å². The van der Waals surface area contributed by atoms with Gasteiger partial charge in [0.2, 0.25) is 11.8 Å². The van der Waals surface area contributed by atoms with E-state index in [1.54, 1.807) is 16.5 Å². The highest BCUT2D eigenvalue weighted by Gasteiger charge is 2.24. The van der Waals surface area contributed by atoms with Crippen molar-refractivity contribution in [1.29, 1.82) is 0 Å². The summed E-state index contributed by atoms with van der Waals surface area (Å²) in [5, 5.41) is 5.70. The Balaban J connectivity index is 0.00000209. The van der Waals surface area contributed by atoms with Crippen molar-refractivity contribution in [2.24, 2.45) is 0 Å². The van der Waals surface area contributed by atoms with E-state index in [0.717, 1.165) is 41.2 Å². The molecule has 1 aromatic heterocycles. The molecule has 2 fully saturated rings. The number of nitrogens with zero attached hydrogens (tertiary/aromatic N) is 3. The molecular weight excluding hydrogens is 655 g/mol. The fourth-order valence-electron chi connectivity index (χ4n) is 5.28. The van der Waals surface area contributed by atoms with Gasteiger partial charge in [-0.25, -0.2) is 9.78 Å². The fourth-order valence-corrected chi connectivity index (χ4v) is 6.03. The zero-order chi connectivity index (χ0) is 36.7. The maximum absolute atomic E-state index is 12.7. The van der Waals surface area contributed by atoms with Crippen LogP contribution in [0.2, 0.25) is 0 Å². The molecule has 3 heterocycles. The van der Waals surface area contributed by atoms with Crippen LogP contribution in [0.4, 0.5) is 16.3 Å². The minimum Gasteiger partial charge on any atom is -0.446 e. The first-order valence-corrected chi connectivity index (χ1v) is 18.7. The van der Waals surface area contributed by atoms with Crippen molar-refractivity contribution in [3.8, 4) is 0 Å². The summed E-state index contributed by atoms with van der Waals surface area (Å²) in [6, 6.07) is 7.49. The van der Waals surface area contributed by atoms with Crippen LogP contribution in [0, 0.1) is 0 Å². The Kier molecular flexibility index (Phi) is 20.6. The van der Waals surface area contributed by atoms with Gasteiger partial charge in [0, 0.05) is 57.3 Å². The van der Waals surface area contributed by atoms with Gasteiger partial charge in [-0.1, -0.05) is 70.7 Å². The third-order valence-corrected chi connectivity index (χ3v) is 8.68. The lowest BCUT2D eigenvalue weighted by molar-refractivity contribution is -0.130. The zero-order valence-electron chi connectivity index (χ0n) is 30.7. The molecule has 2 aliphatic rings. The number of carbonyl (C=O) groups excluding carboxylic acids is 3. The first-order valence-electron chi connectivity index (χ1n) is 17.8. The summed E-state index contributed by atoms with van der Waals surface area (Å²) in [7, 11) is 1.81. The fraction of sp³-hybridized carbons (Fsp3) is 0.526. The number of amides is 3. The van der Waals surface area contributed by atoms with Gasteiger partial charge in [-0.15, -0.1) is 11.3 Å². The molecule has 0 saturated carbocycles. The lowest BCUT2D eigenvalue weighted by atomic mass is 10.1. The summed E-state index contributed by atoms with van der Waals surface area (Å²) in [4.78, 5) is 46.8. The molecule has 0 radical (unpaired) electrons. The van der Waals surface area contributed by atoms with Gasteiger partial charge in [0.25, 0.3) is 0 Å². The zero-order valence-corrected chi connectivity index (χ0v) is 31.6. The summed E-state index contributed by atoms with van der Waals surface area (Å²) in [5.41, 5.74) is 4.27. The molecule has 0 atom stereocenters. The molecule has 2 aromatic rings. The summed E-state index contributed by atoms with van der Waals surface area (Å²) in [6.45, 7) is 17.6. The highest BCUT2D eigenvalue weighted by molar-refractivity contribution is 7.11. The normalized spacial score (nSPS) is 15.4. The minimum atomic E-state index is -0.516. The Morgan fingerprint density at radius 1 is 1.04 bits per heavy atom. The van der Waals surface area contributed by atoms with Crippen LogP contribution in [-0.4, -0.2) is 85.2 Å². The number of rotatable bonds is 15. The molecule has 4 rings (SSSR count). The monoisotopic (exact) mass is 711 g/mol. The Hall–Kier alpha value is -3.84. The van der Waals surface area contributed by atoms with Crippen molar-refractivity contribution < 1.29 is 28.6 Å². The van der Waals surface area contributed by atoms with Crippen LogP contribution in [0.3, 0.4) is 0 Å². The van der Waals surface area contributed by atoms with Crippen LogP contribution in [0.15, 0.2) is 60.7 Å². The average molecular weight is 712 g/mol. The van der Waals surface area contributed by atoms with Crippen LogP contribution < -0.4 is 10.6 Å². The van der Waals surface area contributed by atoms with Crippen LogP contribution in [-0.2, 0) is 23.8 Å². The van der Waals surface area contributed by atoms with Crippen molar-refractivity contribution in [2.45, 2.75) is 85.5 Å². The van der Waals surface area contributed by atoms with Crippen molar-refractivity contribution in [2.75, 3.05) is 57.1 Å². The molecule has 0 spiro atoms. The summed E-state index contributed by atoms with van der Waals surface area (Å²) in [6.07, 6.45) is 10.1. The first-order chi connectivity index (χ1) is 24.4. The summed E-state index contributed by atoms with van der Waals surface area (Å²) < 4.78 is 16.7. The van der Waals surface area contributed by atoms with Gasteiger partial charge in [-0.3, -0.25) is 14.9 Å². The van der Waals surface area contributed by atoms with E-state index in [1.807, 2.05) is 84.2 Å². The van der Waals surface area contributed by atoms with Crippen molar-refractivity contribution in [3.63, 3.8) is 0 Å². The smallest absolute Gasteiger partial charge is 0.413 e. The number of anilines is 2. The van der Waals surface area contributed by atoms with E-state index in [0.29, 0.717) is 64.2 Å². The number of aromatic nitrogens is 1. The number of unbranched alkanes of at least 4 members (excludes halogenated alkanes) is 1. The van der Waals surface area contributed by atoms with E-state index in [1.165, 1.54) is 11.3 Å². The topological polar surface area (TPSA) is 122 Å². The third-order valence-electron chi connectivity index (χ3n) is 7.81. The number of carbonyl (C=O) groups is 3. The van der Waals surface area contributed by atoms with Gasteiger partial charge in [0.05, 0.1) is 23.6 Å². The van der Waals surface area contributed by atoms with Crippen LogP contribution in [0.5, 0.6) is 0 Å². The van der Waals surface area contributed by atoms with Crippen LogP contribution in [0.1, 0.15) is 89.9 Å². The first kappa shape index (κ1) is 42.3. The second-order valence-corrected chi connectivity index (χ2v) is 12.1. The van der Waals surface area contributed by atoms with E-state index in [-0.39, 0.29) is 24.2 Å². The summed E-state index contributed by atoms with van der Waals surface area (Å²) >= 11 is 1.44. The predicted molar refractivity (Wildman–Crippen MR) is 203 cm³/mol. The van der Waals surface area contributed by atoms with E-state index in [9.17, 15) is 14.4 Å². The molecule has 0 unspecified atom stereocenters. The molecule has 3 amide bonds. The standard InChI is InChI=1S/C34H45N5O6S.2C2H6/c1-4-8-25(9-5-2)31-32(35-24-46-31)37-34(42)45-28-15-19-39(20-16-28)21-17-30(41)38(3)18-7-6-10-29(40)36-27-13-11-26(12-14-27)33-43-22-23-44-33;2*1-2/h4-5,8-9,11-14,24,28,33H,1,6-7,10,15-23H2,2-3H3,(H,36,40)(H,37,42);2*1-2H3/b9-5-,25-8+;;. The van der Waals surface area contributed by atoms with Crippen molar-refractivity contribution in [1.82, 2.24) is 14.8 Å². The second kappa shape index (κ2) is 24.3. The molecular formula is C38H57N5O6S. The van der Waals surface area contributed by atoms with Gasteiger partial charge in [-0.2, -0.15) is 0 Å². The van der Waals surface area contributed by atoms with Gasteiger partial charge in [0.15, 0.2) is 12.1 Å². The quantitative estimate of drug-likeness (QED) is 0.141. The molecule has 11 nitrogen and oxygen atoms in total. The number of benzene rings is 1. The van der Waals surface area contributed by atoms with E-state index >= 15 is 0 Å². The lowest BCUT2D eigenvalue weighted by Gasteiger charge is -2.31. The molecule has 50 heavy (non-hydrogen) atoms. The van der Waals surface area contributed by atoms with Crippen molar-refractivity contribution >= 4 is 46.3 Å². The molecule has 12 heteroatoms. The van der Waals surface area contributed by atoms with Crippen molar-refractivity contribution in [3.05, 3.63) is 71.1 Å². The molecule has 2 saturated heterocycles. The number of ether oxygens (including phenoxy) is 3. The largest absolute Gasteiger partial charge is 0.446 e. The third kappa shape index (κ3) is 14.6. The minimum absolute atomic E-state index is 0.0490. The Morgan fingerprint density at radius 2 is 1.72 bits per heavy atom. The maximum Gasteiger partial charge on any atom is 0.413 e. The number of nitrogens with one attached hydrogen (secondary N) is 2. The molecule has 1 aromatic carbocycles. The van der Waals surface area contributed by atoms with E-state index in [4.69, 9.17) is 14.2 Å². The van der Waals surface area contributed by atoms with E-state index < -0.39 is 6.09 Å². The predicted octanol–water partition coefficient (Wildman–Crippen LogP) is 8.06. The van der Waals surface area contributed by atoms with Gasteiger partial charge in [-0.05, 0) is 50.3 Å². The Labute approximate surface area is 302 Å². The maximum atomic E-state index is 12.7. The average Bonchev–Trinajstić information content (AvgIpc) is 3.85. The molecule has 2 aliphatic heterocycles. The highest BCUT2D eigenvalue weighted by Crippen LogP contribution is 2.29. The number of piperidine rings is 1. The second-order valence-electron chi connectivity index (χ2n) is 11.2. The van der Waals surface area contributed by atoms with Gasteiger partial charge >= 0.3 is 6.09 Å². The summed E-state index contributed by atoms with van der Waals surface area (Å²) in [5.74, 6) is 0.503. The molecule has 276 valence electrons. The molecule has 0 aliphatic carbocycles. The SMILES string of the molecule is C=C/C=C(\C=C/C)c1scnc1NC(=O)OC1CCN(CCC(=O)N(C)CCCCC(=O)Nc2ccc(C3OCCO3)cc2)CC1.CC.CC. The highest BCUT2D eigenvalue weighted by atomic mass is 32.1. The number of hydrogen-bond acceptors (Lipinski definition) is 9. The Morgan fingerprint density at radius 3 is 2.36 bits per heavy atom. The number of likely N-dealkylation sites (tertiary alicyclic amines) is 1. The van der Waals surface area contributed by atoms with Gasteiger partial charge < -0.3 is 29.3 Å².